The Morgan fingerprint density at radius 3 is 2.64 bits per heavy atom. The molecule has 1 unspecified atom stereocenters. The van der Waals surface area contributed by atoms with Crippen molar-refractivity contribution in [3.8, 4) is 0 Å². The summed E-state index contributed by atoms with van der Waals surface area (Å²) < 4.78 is 4.62. The van der Waals surface area contributed by atoms with Crippen LogP contribution in [-0.4, -0.2) is 48.2 Å². The maximum Gasteiger partial charge on any atom is 0.329 e. The number of carboxylic acid groups (broad SMARTS) is 1. The van der Waals surface area contributed by atoms with Crippen molar-refractivity contribution in [2.75, 3.05) is 25.2 Å². The average Bonchev–Trinajstić information content (AvgIpc) is 2.03. The lowest BCUT2D eigenvalue weighted by atomic mass is 10.4. The molecule has 0 bridgehead atoms. The third kappa shape index (κ3) is 7.88. The molecule has 0 aromatic heterocycles. The van der Waals surface area contributed by atoms with Crippen molar-refractivity contribution in [2.45, 2.75) is 13.0 Å². The van der Waals surface area contributed by atoms with Gasteiger partial charge in [-0.25, -0.2) is 4.79 Å². The molecule has 6 heteroatoms. The standard InChI is InChI=1S/C8H15NO4S/c1-6(5-14-2)9-7(10)3-13-4-8(11)12/h6H,3-5H2,1-2H3,(H,9,10)(H,11,12). The summed E-state index contributed by atoms with van der Waals surface area (Å²) in [5, 5.41) is 10.9. The van der Waals surface area contributed by atoms with Crippen LogP contribution in [0.5, 0.6) is 0 Å². The number of hydrogen-bond donors (Lipinski definition) is 2. The minimum Gasteiger partial charge on any atom is -0.480 e. The van der Waals surface area contributed by atoms with Gasteiger partial charge in [-0.05, 0) is 13.2 Å². The van der Waals surface area contributed by atoms with Crippen LogP contribution in [0.25, 0.3) is 0 Å². The summed E-state index contributed by atoms with van der Waals surface area (Å²) in [6, 6.07) is 0.0749. The molecule has 0 aromatic carbocycles. The van der Waals surface area contributed by atoms with Crippen LogP contribution < -0.4 is 5.32 Å². The van der Waals surface area contributed by atoms with Gasteiger partial charge in [0.05, 0.1) is 0 Å². The molecule has 0 rings (SSSR count). The number of ether oxygens (including phenoxy) is 1. The summed E-state index contributed by atoms with van der Waals surface area (Å²) >= 11 is 1.63. The molecule has 0 radical (unpaired) electrons. The second-order valence-electron chi connectivity index (χ2n) is 2.81. The van der Waals surface area contributed by atoms with Gasteiger partial charge in [0.1, 0.15) is 13.2 Å². The summed E-state index contributed by atoms with van der Waals surface area (Å²) in [6.45, 7) is 1.24. The molecule has 82 valence electrons. The summed E-state index contributed by atoms with van der Waals surface area (Å²) in [4.78, 5) is 21.1. The molecule has 0 aromatic rings. The Balaban J connectivity index is 3.50. The van der Waals surface area contributed by atoms with E-state index < -0.39 is 12.6 Å². The van der Waals surface area contributed by atoms with Crippen LogP contribution in [0.4, 0.5) is 0 Å². The van der Waals surface area contributed by atoms with Gasteiger partial charge in [-0.2, -0.15) is 11.8 Å². The molecule has 0 aliphatic heterocycles. The zero-order valence-corrected chi connectivity index (χ0v) is 9.10. The lowest BCUT2D eigenvalue weighted by Gasteiger charge is -2.11. The number of hydrogen-bond acceptors (Lipinski definition) is 4. The molecule has 0 aliphatic rings. The van der Waals surface area contributed by atoms with E-state index in [1.165, 1.54) is 0 Å². The van der Waals surface area contributed by atoms with Crippen LogP contribution in [0.2, 0.25) is 0 Å². The van der Waals surface area contributed by atoms with E-state index in [-0.39, 0.29) is 18.6 Å². The Morgan fingerprint density at radius 1 is 1.50 bits per heavy atom. The van der Waals surface area contributed by atoms with Crippen LogP contribution in [0.1, 0.15) is 6.92 Å². The fourth-order valence-electron chi connectivity index (χ4n) is 0.839. The van der Waals surface area contributed by atoms with Gasteiger partial charge in [0.15, 0.2) is 0 Å². The van der Waals surface area contributed by atoms with E-state index in [4.69, 9.17) is 5.11 Å². The monoisotopic (exact) mass is 221 g/mol. The Labute approximate surface area is 87.2 Å². The van der Waals surface area contributed by atoms with Gasteiger partial charge in [-0.3, -0.25) is 4.79 Å². The maximum absolute atomic E-state index is 11.1. The first-order chi connectivity index (χ1) is 6.56. The molecule has 14 heavy (non-hydrogen) atoms. The molecule has 1 amide bonds. The van der Waals surface area contributed by atoms with Gasteiger partial charge in [-0.1, -0.05) is 0 Å². The summed E-state index contributed by atoms with van der Waals surface area (Å²) in [5.41, 5.74) is 0. The SMILES string of the molecule is CSCC(C)NC(=O)COCC(=O)O. The number of carbonyl (C=O) groups excluding carboxylic acids is 1. The average molecular weight is 221 g/mol. The van der Waals surface area contributed by atoms with Crippen LogP contribution in [-0.2, 0) is 14.3 Å². The summed E-state index contributed by atoms with van der Waals surface area (Å²) in [5.74, 6) is -0.534. The topological polar surface area (TPSA) is 75.6 Å². The minimum absolute atomic E-state index is 0.0749. The van der Waals surface area contributed by atoms with Crippen molar-refractivity contribution in [3.63, 3.8) is 0 Å². The Kier molecular flexibility index (Phi) is 7.23. The van der Waals surface area contributed by atoms with Gasteiger partial charge in [0, 0.05) is 11.8 Å². The maximum atomic E-state index is 11.1. The molecule has 0 heterocycles. The number of nitrogens with one attached hydrogen (secondary N) is 1. The molecule has 5 nitrogen and oxygen atoms in total. The van der Waals surface area contributed by atoms with Crippen LogP contribution >= 0.6 is 11.8 Å². The number of thioether (sulfide) groups is 1. The predicted octanol–water partition coefficient (Wildman–Crippen LogP) is -0.0447. The number of rotatable bonds is 7. The van der Waals surface area contributed by atoms with E-state index in [0.29, 0.717) is 0 Å². The van der Waals surface area contributed by atoms with E-state index in [1.54, 1.807) is 11.8 Å². The second-order valence-corrected chi connectivity index (χ2v) is 3.72. The lowest BCUT2D eigenvalue weighted by molar-refractivity contribution is -0.143. The highest BCUT2D eigenvalue weighted by Crippen LogP contribution is 1.95. The number of carbonyl (C=O) groups is 2. The molecule has 0 spiro atoms. The fraction of sp³-hybridized carbons (Fsp3) is 0.750. The van der Waals surface area contributed by atoms with Crippen molar-refractivity contribution >= 4 is 23.6 Å². The van der Waals surface area contributed by atoms with Gasteiger partial charge < -0.3 is 15.2 Å². The number of aliphatic carboxylic acids is 1. The predicted molar refractivity (Wildman–Crippen MR) is 54.4 cm³/mol. The largest absolute Gasteiger partial charge is 0.480 e. The van der Waals surface area contributed by atoms with Crippen molar-refractivity contribution in [3.05, 3.63) is 0 Å². The smallest absolute Gasteiger partial charge is 0.329 e. The quantitative estimate of drug-likeness (QED) is 0.630. The third-order valence-corrected chi connectivity index (χ3v) is 2.12. The zero-order chi connectivity index (χ0) is 11.0. The van der Waals surface area contributed by atoms with Crippen molar-refractivity contribution in [1.82, 2.24) is 5.32 Å². The normalized spacial score (nSPS) is 12.1. The van der Waals surface area contributed by atoms with Crippen molar-refractivity contribution in [2.24, 2.45) is 0 Å². The first kappa shape index (κ1) is 13.2. The molecule has 0 aliphatic carbocycles. The summed E-state index contributed by atoms with van der Waals surface area (Å²) in [6.07, 6.45) is 1.95. The Hall–Kier alpha value is -0.750. The molecule has 1 atom stereocenters. The molecular weight excluding hydrogens is 206 g/mol. The fourth-order valence-corrected chi connectivity index (χ4v) is 1.42. The van der Waals surface area contributed by atoms with E-state index >= 15 is 0 Å². The Morgan fingerprint density at radius 2 is 2.14 bits per heavy atom. The highest BCUT2D eigenvalue weighted by Gasteiger charge is 2.07. The lowest BCUT2D eigenvalue weighted by Crippen LogP contribution is -2.37. The van der Waals surface area contributed by atoms with Crippen molar-refractivity contribution in [1.29, 1.82) is 0 Å². The van der Waals surface area contributed by atoms with E-state index in [0.717, 1.165) is 5.75 Å². The van der Waals surface area contributed by atoms with E-state index in [2.05, 4.69) is 10.1 Å². The van der Waals surface area contributed by atoms with Gasteiger partial charge in [-0.15, -0.1) is 0 Å². The molecule has 0 fully saturated rings. The highest BCUT2D eigenvalue weighted by molar-refractivity contribution is 7.98. The van der Waals surface area contributed by atoms with Crippen LogP contribution in [0, 0.1) is 0 Å². The van der Waals surface area contributed by atoms with Crippen molar-refractivity contribution < 1.29 is 19.4 Å². The first-order valence-corrected chi connectivity index (χ1v) is 5.53. The highest BCUT2D eigenvalue weighted by atomic mass is 32.2. The second kappa shape index (κ2) is 7.64. The first-order valence-electron chi connectivity index (χ1n) is 4.14. The molecular formula is C8H15NO4S. The molecule has 2 N–H and O–H groups in total. The minimum atomic E-state index is -1.07. The molecule has 0 saturated carbocycles. The summed E-state index contributed by atoms with van der Waals surface area (Å²) in [7, 11) is 0. The molecule has 0 saturated heterocycles. The number of amides is 1. The third-order valence-electron chi connectivity index (χ3n) is 1.28. The zero-order valence-electron chi connectivity index (χ0n) is 8.28. The van der Waals surface area contributed by atoms with Gasteiger partial charge in [0.25, 0.3) is 0 Å². The van der Waals surface area contributed by atoms with Gasteiger partial charge in [0.2, 0.25) is 5.91 Å². The Bertz CT molecular complexity index is 198. The van der Waals surface area contributed by atoms with Crippen LogP contribution in [0.3, 0.4) is 0 Å². The van der Waals surface area contributed by atoms with E-state index in [1.807, 2.05) is 13.2 Å². The van der Waals surface area contributed by atoms with Gasteiger partial charge >= 0.3 is 5.97 Å². The number of carboxylic acids is 1. The van der Waals surface area contributed by atoms with Crippen LogP contribution in [0.15, 0.2) is 0 Å². The van der Waals surface area contributed by atoms with E-state index in [9.17, 15) is 9.59 Å².